The average molecular weight is 380 g/mol. The molecule has 0 aromatic heterocycles. The molecular formula is C12H20N2O4P4-4. The zero-order valence-electron chi connectivity index (χ0n) is 12.1. The van der Waals surface area contributed by atoms with Gasteiger partial charge in [0.25, 0.3) is 0 Å². The Labute approximate surface area is 138 Å². The van der Waals surface area contributed by atoms with Crippen molar-refractivity contribution in [2.24, 2.45) is 0 Å². The summed E-state index contributed by atoms with van der Waals surface area (Å²) in [5.41, 5.74) is 2.09. The van der Waals surface area contributed by atoms with Gasteiger partial charge >= 0.3 is 0 Å². The highest BCUT2D eigenvalue weighted by molar-refractivity contribution is 7.30. The van der Waals surface area contributed by atoms with Crippen molar-refractivity contribution < 1.29 is 19.6 Å². The van der Waals surface area contributed by atoms with Crippen LogP contribution in [0.3, 0.4) is 0 Å². The van der Waals surface area contributed by atoms with Crippen LogP contribution in [0.2, 0.25) is 0 Å². The van der Waals surface area contributed by atoms with E-state index < -0.39 is 35.2 Å². The van der Waals surface area contributed by atoms with Gasteiger partial charge in [0.15, 0.2) is 0 Å². The Balaban J connectivity index is 2.67. The molecule has 0 saturated heterocycles. The highest BCUT2D eigenvalue weighted by Crippen LogP contribution is 2.17. The van der Waals surface area contributed by atoms with Gasteiger partial charge in [-0.1, -0.05) is 24.3 Å². The molecule has 0 N–H and O–H groups in total. The number of benzene rings is 1. The predicted molar refractivity (Wildman–Crippen MR) is 90.3 cm³/mol. The molecule has 0 fully saturated rings. The topological polar surface area (TPSA) is 98.7 Å². The maximum absolute atomic E-state index is 10.8. The Bertz CT molecular complexity index is 371. The molecule has 0 amide bonds. The van der Waals surface area contributed by atoms with Gasteiger partial charge in [0.2, 0.25) is 0 Å². The minimum atomic E-state index is -0.442. The summed E-state index contributed by atoms with van der Waals surface area (Å²) < 4.78 is 0. The van der Waals surface area contributed by atoms with Crippen LogP contribution < -0.4 is 19.6 Å². The van der Waals surface area contributed by atoms with Crippen LogP contribution in [0.25, 0.3) is 0 Å². The molecule has 0 bridgehead atoms. The molecule has 1 rings (SSSR count). The van der Waals surface area contributed by atoms with E-state index in [0.717, 1.165) is 11.1 Å². The van der Waals surface area contributed by atoms with Gasteiger partial charge in [0.05, 0.1) is 0 Å². The molecule has 4 unspecified atom stereocenters. The van der Waals surface area contributed by atoms with Gasteiger partial charge < -0.3 is 19.6 Å². The van der Waals surface area contributed by atoms with E-state index in [1.165, 1.54) is 0 Å². The third kappa shape index (κ3) is 8.52. The van der Waals surface area contributed by atoms with Crippen molar-refractivity contribution in [2.45, 2.75) is 13.1 Å². The number of rotatable bonds is 12. The molecule has 6 nitrogen and oxygen atoms in total. The van der Waals surface area contributed by atoms with E-state index in [9.17, 15) is 19.6 Å². The maximum Gasteiger partial charge on any atom is 0.0240 e. The van der Waals surface area contributed by atoms with Crippen molar-refractivity contribution in [3.63, 3.8) is 0 Å². The summed E-state index contributed by atoms with van der Waals surface area (Å²) in [6.45, 7) is 1.18. The standard InChI is InChI=1S/C12H20N2O4P4/c15-19-7-13(8-20-16)5-11-2-1-3-12(4-11)6-14(9-21-17)10-22-18/h1-4,19-22H,5-10H2/q-4. The van der Waals surface area contributed by atoms with Gasteiger partial charge in [-0.2, -0.15) is 0 Å². The number of hydrogen-bond donors (Lipinski definition) is 0. The van der Waals surface area contributed by atoms with Crippen molar-refractivity contribution in [3.05, 3.63) is 35.4 Å². The van der Waals surface area contributed by atoms with Gasteiger partial charge in [-0.25, -0.2) is 35.2 Å². The van der Waals surface area contributed by atoms with Gasteiger partial charge in [-0.3, -0.25) is 9.80 Å². The summed E-state index contributed by atoms with van der Waals surface area (Å²) >= 11 is 0. The molecular weight excluding hydrogens is 360 g/mol. The van der Waals surface area contributed by atoms with Gasteiger partial charge in [-0.15, -0.1) is 0 Å². The van der Waals surface area contributed by atoms with Crippen molar-refractivity contribution in [3.8, 4) is 0 Å². The van der Waals surface area contributed by atoms with Crippen LogP contribution in [0.4, 0.5) is 0 Å². The lowest BCUT2D eigenvalue weighted by molar-refractivity contribution is -0.155. The summed E-state index contributed by atoms with van der Waals surface area (Å²) in [6.07, 6.45) is 1.61. The summed E-state index contributed by atoms with van der Waals surface area (Å²) in [5.74, 6) is 0. The number of nitrogens with zero attached hydrogens (tertiary/aromatic N) is 2. The first kappa shape index (κ1) is 20.7. The SMILES string of the molecule is [O-]PCN(CP[O-])Cc1cccc(CN(CP[O-])CP[O-])c1. The molecule has 1 aromatic rings. The van der Waals surface area contributed by atoms with Gasteiger partial charge in [-0.05, 0) is 11.1 Å². The second-order valence-corrected chi connectivity index (χ2v) is 7.11. The summed E-state index contributed by atoms with van der Waals surface area (Å²) in [7, 11) is -1.77. The van der Waals surface area contributed by atoms with Gasteiger partial charge in [0, 0.05) is 38.2 Å². The molecule has 1 aromatic carbocycles. The predicted octanol–water partition coefficient (Wildman–Crippen LogP) is -1.06. The lowest BCUT2D eigenvalue weighted by Gasteiger charge is -2.27. The lowest BCUT2D eigenvalue weighted by Crippen LogP contribution is -2.24. The van der Waals surface area contributed by atoms with Crippen molar-refractivity contribution in [1.29, 1.82) is 0 Å². The Morgan fingerprint density at radius 2 is 1.05 bits per heavy atom. The van der Waals surface area contributed by atoms with Gasteiger partial charge in [0.1, 0.15) is 0 Å². The summed E-state index contributed by atoms with van der Waals surface area (Å²) in [5, 5.41) is 0. The Morgan fingerprint density at radius 1 is 0.682 bits per heavy atom. The minimum absolute atomic E-state index is 0.403. The third-order valence-corrected chi connectivity index (χ3v) is 5.26. The number of hydrogen-bond acceptors (Lipinski definition) is 6. The van der Waals surface area contributed by atoms with Crippen LogP contribution in [0.1, 0.15) is 11.1 Å². The molecule has 0 spiro atoms. The van der Waals surface area contributed by atoms with Crippen LogP contribution >= 0.6 is 35.2 Å². The van der Waals surface area contributed by atoms with E-state index >= 15 is 0 Å². The molecule has 126 valence electrons. The smallest absolute Gasteiger partial charge is 0.0240 e. The lowest BCUT2D eigenvalue weighted by atomic mass is 10.1. The Kier molecular flexibility index (Phi) is 12.3. The molecule has 0 radical (unpaired) electrons. The molecule has 0 aliphatic heterocycles. The molecule has 0 heterocycles. The molecule has 0 aliphatic rings. The van der Waals surface area contributed by atoms with Crippen LogP contribution in [0.5, 0.6) is 0 Å². The molecule has 0 saturated carbocycles. The Hall–Kier alpha value is 0.700. The van der Waals surface area contributed by atoms with E-state index in [1.807, 2.05) is 34.1 Å². The van der Waals surface area contributed by atoms with E-state index in [0.29, 0.717) is 38.2 Å². The fourth-order valence-electron chi connectivity index (χ4n) is 2.04. The first-order valence-corrected chi connectivity index (χ1v) is 11.1. The highest BCUT2D eigenvalue weighted by atomic mass is 31.1. The van der Waals surface area contributed by atoms with E-state index in [4.69, 9.17) is 0 Å². The third-order valence-electron chi connectivity index (χ3n) is 2.96. The quantitative estimate of drug-likeness (QED) is 0.429. The zero-order chi connectivity index (χ0) is 16.2. The second kappa shape index (κ2) is 13.0. The van der Waals surface area contributed by atoms with E-state index in [-0.39, 0.29) is 0 Å². The summed E-state index contributed by atoms with van der Waals surface area (Å²) in [6, 6.07) is 7.88. The first-order chi connectivity index (χ1) is 10.7. The largest absolute Gasteiger partial charge is 0.831 e. The zero-order valence-corrected chi connectivity index (χ0v) is 16.1. The van der Waals surface area contributed by atoms with Crippen molar-refractivity contribution >= 4 is 35.2 Å². The Morgan fingerprint density at radius 3 is 1.36 bits per heavy atom. The first-order valence-electron chi connectivity index (χ1n) is 6.66. The fraction of sp³-hybridized carbons (Fsp3) is 0.500. The molecule has 0 aliphatic carbocycles. The van der Waals surface area contributed by atoms with Crippen LogP contribution in [0.15, 0.2) is 24.3 Å². The molecule has 4 atom stereocenters. The van der Waals surface area contributed by atoms with Crippen molar-refractivity contribution in [2.75, 3.05) is 25.1 Å². The van der Waals surface area contributed by atoms with Crippen LogP contribution in [-0.4, -0.2) is 34.9 Å². The maximum atomic E-state index is 10.8. The minimum Gasteiger partial charge on any atom is -0.831 e. The van der Waals surface area contributed by atoms with E-state index in [1.54, 1.807) is 0 Å². The second-order valence-electron chi connectivity index (χ2n) is 4.69. The monoisotopic (exact) mass is 380 g/mol. The van der Waals surface area contributed by atoms with Crippen molar-refractivity contribution in [1.82, 2.24) is 9.80 Å². The normalized spacial score (nSPS) is 13.7. The average Bonchev–Trinajstić information content (AvgIpc) is 2.49. The van der Waals surface area contributed by atoms with Crippen LogP contribution in [0, 0.1) is 0 Å². The fourth-order valence-corrected chi connectivity index (χ4v) is 4.12. The molecule has 22 heavy (non-hydrogen) atoms. The van der Waals surface area contributed by atoms with Crippen LogP contribution in [-0.2, 0) is 13.1 Å². The highest BCUT2D eigenvalue weighted by Gasteiger charge is 2.05. The molecule has 10 heteroatoms. The summed E-state index contributed by atoms with van der Waals surface area (Å²) in [4.78, 5) is 46.9. The van der Waals surface area contributed by atoms with E-state index in [2.05, 4.69) is 0 Å².